The summed E-state index contributed by atoms with van der Waals surface area (Å²) in [5.74, 6) is 2.45. The normalized spacial score (nSPS) is 18.2. The average Bonchev–Trinajstić information content (AvgIpc) is 2.88. The molecular formula is C19H26Cl2N4O3S. The van der Waals surface area contributed by atoms with Crippen LogP contribution in [0, 0.1) is 12.3 Å². The lowest BCUT2D eigenvalue weighted by atomic mass is 10.1. The highest BCUT2D eigenvalue weighted by atomic mass is 35.5. The Labute approximate surface area is 185 Å². The van der Waals surface area contributed by atoms with Gasteiger partial charge in [-0.05, 0) is 19.4 Å². The van der Waals surface area contributed by atoms with Crippen LogP contribution in [0.15, 0.2) is 35.5 Å². The lowest BCUT2D eigenvalue weighted by Crippen LogP contribution is -2.43. The monoisotopic (exact) mass is 460 g/mol. The van der Waals surface area contributed by atoms with Gasteiger partial charge < -0.3 is 10.6 Å². The fourth-order valence-corrected chi connectivity index (χ4v) is 5.51. The van der Waals surface area contributed by atoms with E-state index in [0.29, 0.717) is 41.9 Å². The quantitative estimate of drug-likeness (QED) is 0.608. The Balaban J connectivity index is 0.00000210. The summed E-state index contributed by atoms with van der Waals surface area (Å²) in [5, 5.41) is 1.38. The summed E-state index contributed by atoms with van der Waals surface area (Å²) in [6, 6.07) is 5.05. The summed E-state index contributed by atoms with van der Waals surface area (Å²) >= 11 is 0. The predicted molar refractivity (Wildman–Crippen MR) is 122 cm³/mol. The van der Waals surface area contributed by atoms with Gasteiger partial charge in [-0.1, -0.05) is 18.1 Å². The van der Waals surface area contributed by atoms with Gasteiger partial charge in [0.15, 0.2) is 0 Å². The molecule has 1 atom stereocenters. The third-order valence-electron chi connectivity index (χ3n) is 4.83. The Morgan fingerprint density at radius 2 is 2.07 bits per heavy atom. The molecule has 1 aliphatic heterocycles. The lowest BCUT2D eigenvalue weighted by molar-refractivity contribution is -0.129. The Morgan fingerprint density at radius 3 is 2.72 bits per heavy atom. The molecule has 1 aromatic heterocycles. The molecule has 0 saturated carbocycles. The van der Waals surface area contributed by atoms with Crippen LogP contribution in [0.3, 0.4) is 0 Å². The molecule has 1 amide bonds. The molecule has 0 spiro atoms. The van der Waals surface area contributed by atoms with Gasteiger partial charge in [0.25, 0.3) is 0 Å². The highest BCUT2D eigenvalue weighted by Crippen LogP contribution is 2.55. The Morgan fingerprint density at radius 1 is 1.34 bits per heavy atom. The molecule has 0 bridgehead atoms. The van der Waals surface area contributed by atoms with Crippen LogP contribution in [0.5, 0.6) is 0 Å². The second-order valence-corrected chi connectivity index (χ2v) is 8.54. The van der Waals surface area contributed by atoms with Crippen molar-refractivity contribution in [2.24, 2.45) is 5.73 Å². The maximum absolute atomic E-state index is 12.0. The zero-order valence-electron chi connectivity index (χ0n) is 16.0. The number of hydrogen-bond acceptors (Lipinski definition) is 6. The van der Waals surface area contributed by atoms with Gasteiger partial charge in [-0.2, -0.15) is 4.31 Å². The smallest absolute Gasteiger partial charge is 0.236 e. The molecule has 7 nitrogen and oxygen atoms in total. The number of pyridine rings is 1. The van der Waals surface area contributed by atoms with Gasteiger partial charge in [-0.15, -0.1) is 42.0 Å². The van der Waals surface area contributed by atoms with E-state index in [9.17, 15) is 13.9 Å². The molecule has 2 heterocycles. The first-order chi connectivity index (χ1) is 12.9. The van der Waals surface area contributed by atoms with Crippen molar-refractivity contribution >= 4 is 52.3 Å². The first-order valence-electron chi connectivity index (χ1n) is 8.76. The molecular weight excluding hydrogens is 435 g/mol. The van der Waals surface area contributed by atoms with Crippen molar-refractivity contribution in [1.29, 1.82) is 0 Å². The largest absolute Gasteiger partial charge is 0.340 e. The number of aromatic nitrogens is 1. The summed E-state index contributed by atoms with van der Waals surface area (Å²) in [5.41, 5.74) is 6.00. The van der Waals surface area contributed by atoms with E-state index in [0.717, 1.165) is 5.39 Å². The standard InChI is InChI=1S/C19H24N4O3S.2ClH/c1-3-15-11-21-12-16-6-4-7-17(19(15)16)27(25,26)23-9-5-8-22(13-14(23)2)18(24)10-20;;/h1,4,6-7,11-12,14,25-26H,5,8-10,13,20H2,2H3;2*1H/t14-;;/m0../s1. The van der Waals surface area contributed by atoms with E-state index in [2.05, 4.69) is 10.9 Å². The molecule has 4 N–H and O–H groups in total. The number of amides is 1. The van der Waals surface area contributed by atoms with Crippen molar-refractivity contribution in [1.82, 2.24) is 14.2 Å². The summed E-state index contributed by atoms with van der Waals surface area (Å²) in [7, 11) is -3.31. The number of benzene rings is 1. The zero-order valence-corrected chi connectivity index (χ0v) is 18.5. The van der Waals surface area contributed by atoms with Gasteiger partial charge in [0.05, 0.1) is 17.0 Å². The average molecular weight is 461 g/mol. The van der Waals surface area contributed by atoms with E-state index in [1.54, 1.807) is 33.7 Å². The highest BCUT2D eigenvalue weighted by molar-refractivity contribution is 8.22. The number of carbonyl (C=O) groups excluding carboxylic acids is 1. The van der Waals surface area contributed by atoms with E-state index in [1.165, 1.54) is 0 Å². The molecule has 0 unspecified atom stereocenters. The summed E-state index contributed by atoms with van der Waals surface area (Å²) in [6.07, 6.45) is 9.44. The number of halogens is 2. The first kappa shape index (κ1) is 25.5. The number of rotatable bonds is 3. The maximum Gasteiger partial charge on any atom is 0.236 e. The number of fused-ring (bicyclic) bond motifs is 1. The number of carbonyl (C=O) groups is 1. The van der Waals surface area contributed by atoms with Gasteiger partial charge in [0.1, 0.15) is 0 Å². The SMILES string of the molecule is C#Cc1cncc2cccc(S(O)(O)N3CCCN(C(=O)CN)C[C@@H]3C)c12.Cl.Cl. The molecule has 10 heteroatoms. The Hall–Kier alpha value is -1.57. The van der Waals surface area contributed by atoms with Crippen LogP contribution >= 0.6 is 35.6 Å². The maximum atomic E-state index is 12.0. The number of nitrogens with two attached hydrogens (primary N) is 1. The first-order valence-corrected chi connectivity index (χ1v) is 10.3. The molecule has 1 aliphatic rings. The molecule has 0 aliphatic carbocycles. The Kier molecular flexibility index (Phi) is 9.18. The van der Waals surface area contributed by atoms with Crippen molar-refractivity contribution in [3.8, 4) is 12.3 Å². The third-order valence-corrected chi connectivity index (χ3v) is 6.96. The molecule has 160 valence electrons. The fourth-order valence-electron chi connectivity index (χ4n) is 3.54. The Bertz CT molecular complexity index is 901. The van der Waals surface area contributed by atoms with Crippen molar-refractivity contribution in [3.63, 3.8) is 0 Å². The molecule has 1 aromatic carbocycles. The van der Waals surface area contributed by atoms with E-state index >= 15 is 0 Å². The summed E-state index contributed by atoms with van der Waals surface area (Å²) in [6.45, 7) is 3.21. The van der Waals surface area contributed by atoms with E-state index in [1.807, 2.05) is 13.0 Å². The lowest BCUT2D eigenvalue weighted by Gasteiger charge is -2.46. The van der Waals surface area contributed by atoms with Crippen molar-refractivity contribution in [3.05, 3.63) is 36.2 Å². The zero-order chi connectivity index (χ0) is 19.6. The molecule has 29 heavy (non-hydrogen) atoms. The minimum Gasteiger partial charge on any atom is -0.340 e. The van der Waals surface area contributed by atoms with Crippen LogP contribution in [0.25, 0.3) is 10.8 Å². The van der Waals surface area contributed by atoms with Crippen LogP contribution in [-0.4, -0.2) is 61.4 Å². The summed E-state index contributed by atoms with van der Waals surface area (Å²) in [4.78, 5) is 18.2. The number of hydrogen-bond donors (Lipinski definition) is 3. The van der Waals surface area contributed by atoms with E-state index < -0.39 is 10.8 Å². The molecule has 2 aromatic rings. The second-order valence-electron chi connectivity index (χ2n) is 6.59. The van der Waals surface area contributed by atoms with Crippen LogP contribution in [0.1, 0.15) is 18.9 Å². The minimum absolute atomic E-state index is 0. The van der Waals surface area contributed by atoms with Crippen molar-refractivity contribution in [2.45, 2.75) is 24.3 Å². The van der Waals surface area contributed by atoms with Gasteiger partial charge in [0, 0.05) is 48.8 Å². The van der Waals surface area contributed by atoms with Crippen LogP contribution < -0.4 is 5.73 Å². The third kappa shape index (κ3) is 4.95. The van der Waals surface area contributed by atoms with Crippen molar-refractivity contribution in [2.75, 3.05) is 26.2 Å². The van der Waals surface area contributed by atoms with Crippen LogP contribution in [-0.2, 0) is 4.79 Å². The van der Waals surface area contributed by atoms with Crippen LogP contribution in [0.2, 0.25) is 0 Å². The van der Waals surface area contributed by atoms with Gasteiger partial charge in [-0.3, -0.25) is 18.9 Å². The minimum atomic E-state index is -3.31. The summed E-state index contributed by atoms with van der Waals surface area (Å²) < 4.78 is 24.2. The topological polar surface area (TPSA) is 103 Å². The van der Waals surface area contributed by atoms with Gasteiger partial charge in [-0.25, -0.2) is 0 Å². The van der Waals surface area contributed by atoms with Gasteiger partial charge in [0.2, 0.25) is 5.91 Å². The van der Waals surface area contributed by atoms with Gasteiger partial charge >= 0.3 is 0 Å². The van der Waals surface area contributed by atoms with Crippen molar-refractivity contribution < 1.29 is 13.9 Å². The second kappa shape index (κ2) is 10.5. The molecule has 1 fully saturated rings. The predicted octanol–water partition coefficient (Wildman–Crippen LogP) is 2.97. The number of nitrogens with zero attached hydrogens (tertiary/aromatic N) is 3. The van der Waals surface area contributed by atoms with Crippen LogP contribution in [0.4, 0.5) is 0 Å². The fraction of sp³-hybridized carbons (Fsp3) is 0.368. The van der Waals surface area contributed by atoms with E-state index in [4.69, 9.17) is 12.2 Å². The highest BCUT2D eigenvalue weighted by Gasteiger charge is 2.34. The number of terminal acetylenes is 1. The molecule has 0 radical (unpaired) electrons. The molecule has 3 rings (SSSR count). The van der Waals surface area contributed by atoms with E-state index in [-0.39, 0.29) is 43.3 Å². The molecule has 1 saturated heterocycles.